The Labute approximate surface area is 156 Å². The van der Waals surface area contributed by atoms with E-state index in [1.165, 1.54) is 31.2 Å². The van der Waals surface area contributed by atoms with Crippen LogP contribution in [-0.2, 0) is 24.3 Å². The average molecular weight is 393 g/mol. The summed E-state index contributed by atoms with van der Waals surface area (Å²) >= 11 is 0. The molecule has 0 aliphatic carbocycles. The Bertz CT molecular complexity index is 887. The standard InChI is InChI=1S/C16H19N5O5S/c1-11(26-14(22)7-10-20-16-18-8-2-9-19-16)15(23)21-12-3-5-13(6-4-12)27(17,24)25/h2-6,8-9,11H,7,10H2,1H3,(H,21,23)(H2,17,24,25)(H,18,19,20). The van der Waals surface area contributed by atoms with Crippen molar-refractivity contribution in [1.82, 2.24) is 9.97 Å². The quantitative estimate of drug-likeness (QED) is 0.548. The van der Waals surface area contributed by atoms with Gasteiger partial charge in [-0.15, -0.1) is 0 Å². The highest BCUT2D eigenvalue weighted by Crippen LogP contribution is 2.13. The molecule has 144 valence electrons. The molecule has 4 N–H and O–H groups in total. The third kappa shape index (κ3) is 6.64. The fourth-order valence-corrected chi connectivity index (χ4v) is 2.46. The van der Waals surface area contributed by atoms with Gasteiger partial charge < -0.3 is 15.4 Å². The Morgan fingerprint density at radius 2 is 1.81 bits per heavy atom. The molecule has 1 aromatic heterocycles. The first-order valence-electron chi connectivity index (χ1n) is 7.90. The number of nitrogens with two attached hydrogens (primary N) is 1. The molecule has 2 aromatic rings. The fraction of sp³-hybridized carbons (Fsp3) is 0.250. The van der Waals surface area contributed by atoms with Crippen LogP contribution < -0.4 is 15.8 Å². The minimum Gasteiger partial charge on any atom is -0.452 e. The molecule has 0 radical (unpaired) electrons. The van der Waals surface area contributed by atoms with Gasteiger partial charge in [0.2, 0.25) is 16.0 Å². The molecule has 0 bridgehead atoms. The summed E-state index contributed by atoms with van der Waals surface area (Å²) in [6.45, 7) is 1.69. The van der Waals surface area contributed by atoms with E-state index in [4.69, 9.17) is 9.88 Å². The lowest BCUT2D eigenvalue weighted by Crippen LogP contribution is -2.30. The number of amides is 1. The van der Waals surface area contributed by atoms with E-state index in [0.29, 0.717) is 11.6 Å². The number of nitrogens with zero attached hydrogens (tertiary/aromatic N) is 2. The maximum absolute atomic E-state index is 12.1. The van der Waals surface area contributed by atoms with Crippen LogP contribution in [0.25, 0.3) is 0 Å². The molecule has 0 spiro atoms. The molecular formula is C16H19N5O5S. The van der Waals surface area contributed by atoms with Gasteiger partial charge in [-0.3, -0.25) is 9.59 Å². The third-order valence-electron chi connectivity index (χ3n) is 3.31. The second-order valence-corrected chi connectivity index (χ2v) is 7.00. The SMILES string of the molecule is CC(OC(=O)CCNc1ncccn1)C(=O)Nc1ccc(S(N)(=O)=O)cc1. The van der Waals surface area contributed by atoms with Crippen LogP contribution in [0.2, 0.25) is 0 Å². The lowest BCUT2D eigenvalue weighted by atomic mass is 10.3. The average Bonchev–Trinajstić information content (AvgIpc) is 2.62. The molecule has 1 amide bonds. The number of benzene rings is 1. The highest BCUT2D eigenvalue weighted by molar-refractivity contribution is 7.89. The number of nitrogens with one attached hydrogen (secondary N) is 2. The lowest BCUT2D eigenvalue weighted by molar-refractivity contribution is -0.152. The maximum Gasteiger partial charge on any atom is 0.308 e. The van der Waals surface area contributed by atoms with Gasteiger partial charge in [-0.2, -0.15) is 0 Å². The Balaban J connectivity index is 1.78. The van der Waals surface area contributed by atoms with Crippen molar-refractivity contribution in [3.8, 4) is 0 Å². The summed E-state index contributed by atoms with van der Waals surface area (Å²) in [5, 5.41) is 10.4. The number of hydrogen-bond donors (Lipinski definition) is 3. The number of primary sulfonamides is 1. The first-order valence-corrected chi connectivity index (χ1v) is 9.44. The molecule has 0 aliphatic rings. The van der Waals surface area contributed by atoms with Gasteiger partial charge in [0.25, 0.3) is 5.91 Å². The van der Waals surface area contributed by atoms with Crippen molar-refractivity contribution >= 4 is 33.5 Å². The Hall–Kier alpha value is -3.05. The number of hydrogen-bond acceptors (Lipinski definition) is 8. The smallest absolute Gasteiger partial charge is 0.308 e. The van der Waals surface area contributed by atoms with Gasteiger partial charge in [0.1, 0.15) is 0 Å². The van der Waals surface area contributed by atoms with Gasteiger partial charge in [-0.05, 0) is 37.3 Å². The Morgan fingerprint density at radius 3 is 2.41 bits per heavy atom. The molecule has 27 heavy (non-hydrogen) atoms. The van der Waals surface area contributed by atoms with Crippen LogP contribution in [0.3, 0.4) is 0 Å². The zero-order valence-corrected chi connectivity index (χ0v) is 15.3. The van der Waals surface area contributed by atoms with E-state index >= 15 is 0 Å². The molecule has 10 nitrogen and oxygen atoms in total. The molecule has 0 saturated heterocycles. The minimum absolute atomic E-state index is 0.0267. The molecule has 11 heteroatoms. The number of aromatic nitrogens is 2. The van der Waals surface area contributed by atoms with Crippen LogP contribution in [0.1, 0.15) is 13.3 Å². The van der Waals surface area contributed by atoms with Crippen LogP contribution in [0, 0.1) is 0 Å². The lowest BCUT2D eigenvalue weighted by Gasteiger charge is -2.14. The number of rotatable bonds is 8. The van der Waals surface area contributed by atoms with E-state index in [1.807, 2.05) is 0 Å². The van der Waals surface area contributed by atoms with E-state index in [0.717, 1.165) is 0 Å². The van der Waals surface area contributed by atoms with E-state index in [2.05, 4.69) is 20.6 Å². The van der Waals surface area contributed by atoms with Crippen LogP contribution in [-0.4, -0.2) is 42.9 Å². The Morgan fingerprint density at radius 1 is 1.19 bits per heavy atom. The first-order chi connectivity index (χ1) is 12.8. The van der Waals surface area contributed by atoms with Gasteiger partial charge in [-0.25, -0.2) is 23.5 Å². The number of carbonyl (C=O) groups excluding carboxylic acids is 2. The number of carbonyl (C=O) groups is 2. The van der Waals surface area contributed by atoms with Crippen molar-refractivity contribution in [2.45, 2.75) is 24.3 Å². The van der Waals surface area contributed by atoms with Gasteiger partial charge in [-0.1, -0.05) is 0 Å². The predicted octanol–water partition coefficient (Wildman–Crippen LogP) is 0.496. The third-order valence-corrected chi connectivity index (χ3v) is 4.24. The summed E-state index contributed by atoms with van der Waals surface area (Å²) < 4.78 is 27.4. The van der Waals surface area contributed by atoms with Crippen molar-refractivity contribution in [3.63, 3.8) is 0 Å². The topological polar surface area (TPSA) is 153 Å². The van der Waals surface area contributed by atoms with Crippen molar-refractivity contribution in [2.24, 2.45) is 5.14 Å². The highest BCUT2D eigenvalue weighted by Gasteiger charge is 2.18. The first kappa shape index (κ1) is 20.3. The number of sulfonamides is 1. The molecule has 2 rings (SSSR count). The number of esters is 1. The molecule has 0 fully saturated rings. The molecule has 1 aromatic carbocycles. The minimum atomic E-state index is -3.81. The number of ether oxygens (including phenoxy) is 1. The van der Waals surface area contributed by atoms with Gasteiger partial charge in [0, 0.05) is 24.6 Å². The van der Waals surface area contributed by atoms with Crippen molar-refractivity contribution < 1.29 is 22.7 Å². The van der Waals surface area contributed by atoms with Crippen molar-refractivity contribution in [3.05, 3.63) is 42.7 Å². The summed E-state index contributed by atoms with van der Waals surface area (Å²) in [6.07, 6.45) is 2.13. The van der Waals surface area contributed by atoms with Gasteiger partial charge >= 0.3 is 5.97 Å². The zero-order valence-electron chi connectivity index (χ0n) is 14.5. The fourth-order valence-electron chi connectivity index (χ4n) is 1.95. The van der Waals surface area contributed by atoms with Crippen LogP contribution in [0.4, 0.5) is 11.6 Å². The monoisotopic (exact) mass is 393 g/mol. The summed E-state index contributed by atoms with van der Waals surface area (Å²) in [6, 6.07) is 6.96. The summed E-state index contributed by atoms with van der Waals surface area (Å²) in [5.41, 5.74) is 0.346. The summed E-state index contributed by atoms with van der Waals surface area (Å²) in [7, 11) is -3.81. The van der Waals surface area contributed by atoms with E-state index in [-0.39, 0.29) is 17.9 Å². The molecule has 0 saturated carbocycles. The van der Waals surface area contributed by atoms with Crippen LogP contribution in [0.5, 0.6) is 0 Å². The summed E-state index contributed by atoms with van der Waals surface area (Å²) in [5.74, 6) is -0.726. The molecule has 1 heterocycles. The molecule has 1 unspecified atom stereocenters. The van der Waals surface area contributed by atoms with Crippen molar-refractivity contribution in [2.75, 3.05) is 17.2 Å². The zero-order chi connectivity index (χ0) is 19.9. The van der Waals surface area contributed by atoms with Gasteiger partial charge in [0.15, 0.2) is 6.10 Å². The highest BCUT2D eigenvalue weighted by atomic mass is 32.2. The van der Waals surface area contributed by atoms with Gasteiger partial charge in [0.05, 0.1) is 11.3 Å². The second kappa shape index (κ2) is 9.05. The van der Waals surface area contributed by atoms with Crippen molar-refractivity contribution in [1.29, 1.82) is 0 Å². The van der Waals surface area contributed by atoms with Crippen LogP contribution >= 0.6 is 0 Å². The summed E-state index contributed by atoms with van der Waals surface area (Å²) in [4.78, 5) is 31.7. The molecular weight excluding hydrogens is 374 g/mol. The van der Waals surface area contributed by atoms with E-state index in [1.54, 1.807) is 18.5 Å². The van der Waals surface area contributed by atoms with E-state index in [9.17, 15) is 18.0 Å². The molecule has 0 aliphatic heterocycles. The number of anilines is 2. The maximum atomic E-state index is 12.1. The Kier molecular flexibility index (Phi) is 6.79. The largest absolute Gasteiger partial charge is 0.452 e. The van der Waals surface area contributed by atoms with Crippen LogP contribution in [0.15, 0.2) is 47.6 Å². The molecule has 1 atom stereocenters. The second-order valence-electron chi connectivity index (χ2n) is 5.44. The predicted molar refractivity (Wildman–Crippen MR) is 97.1 cm³/mol. The van der Waals surface area contributed by atoms with E-state index < -0.39 is 28.0 Å². The normalized spacial score (nSPS) is 12.1.